The van der Waals surface area contributed by atoms with Gasteiger partial charge in [0.25, 0.3) is 5.91 Å². The Morgan fingerprint density at radius 2 is 1.88 bits per heavy atom. The number of nitrogens with zero attached hydrogens (tertiary/aromatic N) is 1. The van der Waals surface area contributed by atoms with Crippen LogP contribution in [-0.2, 0) is 10.0 Å². The molecule has 0 radical (unpaired) electrons. The van der Waals surface area contributed by atoms with Gasteiger partial charge in [-0.3, -0.25) is 4.79 Å². The number of rotatable bonds is 7. The summed E-state index contributed by atoms with van der Waals surface area (Å²) in [4.78, 5) is 14.8. The lowest BCUT2D eigenvalue weighted by atomic mass is 9.94. The Hall–Kier alpha value is -1.54. The van der Waals surface area contributed by atoms with E-state index in [1.165, 1.54) is 17.8 Å². The first-order valence-electron chi connectivity index (χ1n) is 11.0. The van der Waals surface area contributed by atoms with E-state index in [4.69, 9.17) is 11.6 Å². The van der Waals surface area contributed by atoms with E-state index in [0.29, 0.717) is 40.4 Å². The Balaban J connectivity index is 1.99. The maximum Gasteiger partial charge on any atom is 0.252 e. The van der Waals surface area contributed by atoms with Crippen molar-refractivity contribution < 1.29 is 13.2 Å². The molecular formula is C24H31ClN2O3S2. The van der Waals surface area contributed by atoms with E-state index in [1.807, 2.05) is 32.0 Å². The summed E-state index contributed by atoms with van der Waals surface area (Å²) in [6, 6.07) is 12.2. The van der Waals surface area contributed by atoms with Crippen LogP contribution in [0.3, 0.4) is 0 Å². The molecule has 8 heteroatoms. The molecule has 1 amide bonds. The number of carbonyl (C=O) groups excluding carboxylic acids is 1. The molecule has 5 nitrogen and oxygen atoms in total. The Kier molecular flexibility index (Phi) is 8.31. The van der Waals surface area contributed by atoms with E-state index in [9.17, 15) is 13.2 Å². The monoisotopic (exact) mass is 494 g/mol. The number of sulfonamides is 1. The number of hydrogen-bond acceptors (Lipinski definition) is 4. The second-order valence-corrected chi connectivity index (χ2v) is 12.3. The number of carbonyl (C=O) groups is 1. The highest BCUT2D eigenvalue weighted by molar-refractivity contribution is 7.99. The van der Waals surface area contributed by atoms with Crippen LogP contribution in [0.4, 0.5) is 0 Å². The zero-order valence-corrected chi connectivity index (χ0v) is 21.4. The third kappa shape index (κ3) is 6.07. The summed E-state index contributed by atoms with van der Waals surface area (Å²) in [5, 5.41) is 3.57. The first kappa shape index (κ1) is 25.1. The zero-order valence-electron chi connectivity index (χ0n) is 19.0. The predicted molar refractivity (Wildman–Crippen MR) is 131 cm³/mol. The van der Waals surface area contributed by atoms with Crippen molar-refractivity contribution in [2.45, 2.75) is 61.3 Å². The van der Waals surface area contributed by atoms with Gasteiger partial charge in [0.05, 0.1) is 10.5 Å². The van der Waals surface area contributed by atoms with Gasteiger partial charge in [0.2, 0.25) is 10.0 Å². The minimum atomic E-state index is -3.69. The highest BCUT2D eigenvalue weighted by Crippen LogP contribution is 2.34. The quantitative estimate of drug-likeness (QED) is 0.537. The van der Waals surface area contributed by atoms with E-state index in [0.717, 1.165) is 17.7 Å². The number of halogens is 1. The van der Waals surface area contributed by atoms with Crippen LogP contribution >= 0.6 is 23.4 Å². The molecule has 1 saturated heterocycles. The topological polar surface area (TPSA) is 66.5 Å². The highest BCUT2D eigenvalue weighted by Gasteiger charge is 2.32. The van der Waals surface area contributed by atoms with E-state index < -0.39 is 10.0 Å². The van der Waals surface area contributed by atoms with Crippen LogP contribution in [0.2, 0.25) is 5.02 Å². The van der Waals surface area contributed by atoms with Gasteiger partial charge in [-0.1, -0.05) is 50.2 Å². The minimum Gasteiger partial charge on any atom is -0.350 e. The van der Waals surface area contributed by atoms with Crippen LogP contribution in [0.25, 0.3) is 0 Å². The molecule has 1 aliphatic rings. The molecule has 0 spiro atoms. The molecule has 2 aromatic rings. The first-order valence-corrected chi connectivity index (χ1v) is 13.6. The van der Waals surface area contributed by atoms with Crippen molar-refractivity contribution in [1.29, 1.82) is 0 Å². The fraction of sp³-hybridized carbons (Fsp3) is 0.458. The van der Waals surface area contributed by atoms with Crippen LogP contribution < -0.4 is 5.32 Å². The average Bonchev–Trinajstić information content (AvgIpc) is 2.73. The molecule has 0 aliphatic carbocycles. The van der Waals surface area contributed by atoms with Crippen molar-refractivity contribution in [3.05, 3.63) is 53.1 Å². The summed E-state index contributed by atoms with van der Waals surface area (Å²) >= 11 is 7.51. The van der Waals surface area contributed by atoms with Gasteiger partial charge in [0, 0.05) is 33.9 Å². The molecule has 3 atom stereocenters. The summed E-state index contributed by atoms with van der Waals surface area (Å²) in [6.45, 7) is 9.08. The molecule has 1 heterocycles. The van der Waals surface area contributed by atoms with Crippen LogP contribution in [0.5, 0.6) is 0 Å². The van der Waals surface area contributed by atoms with E-state index in [-0.39, 0.29) is 16.8 Å². The summed E-state index contributed by atoms with van der Waals surface area (Å²) in [5.74, 6) is 0.333. The lowest BCUT2D eigenvalue weighted by Gasteiger charge is -2.34. The zero-order chi connectivity index (χ0) is 23.5. The lowest BCUT2D eigenvalue weighted by Crippen LogP contribution is -2.42. The molecule has 1 N–H and O–H groups in total. The number of hydrogen-bond donors (Lipinski definition) is 1. The van der Waals surface area contributed by atoms with E-state index in [2.05, 4.69) is 19.2 Å². The van der Waals surface area contributed by atoms with Crippen molar-refractivity contribution in [2.24, 2.45) is 11.8 Å². The SMILES string of the molecule is CC[C@H](C)NC(=O)c1cc(S(=O)(=O)N2C[C@@H](C)C[C@H](C)C2)ccc1Sc1cccc(Cl)c1. The summed E-state index contributed by atoms with van der Waals surface area (Å²) < 4.78 is 28.4. The van der Waals surface area contributed by atoms with Gasteiger partial charge >= 0.3 is 0 Å². The van der Waals surface area contributed by atoms with Crippen molar-refractivity contribution >= 4 is 39.3 Å². The normalized spacial score (nSPS) is 20.7. The Morgan fingerprint density at radius 3 is 2.50 bits per heavy atom. The second kappa shape index (κ2) is 10.6. The summed E-state index contributed by atoms with van der Waals surface area (Å²) in [5.41, 5.74) is 0.356. The molecule has 0 bridgehead atoms. The van der Waals surface area contributed by atoms with Gasteiger partial charge in [0.1, 0.15) is 0 Å². The van der Waals surface area contributed by atoms with Gasteiger partial charge in [-0.2, -0.15) is 4.31 Å². The van der Waals surface area contributed by atoms with Gasteiger partial charge in [-0.15, -0.1) is 0 Å². The third-order valence-corrected chi connectivity index (χ3v) is 8.81. The second-order valence-electron chi connectivity index (χ2n) is 8.77. The minimum absolute atomic E-state index is 0.0180. The number of amides is 1. The molecule has 174 valence electrons. The standard InChI is InChI=1S/C24H31ClN2O3S2/c1-5-18(4)26-24(28)22-13-21(32(29,30)27-14-16(2)11-17(3)15-27)9-10-23(22)31-20-8-6-7-19(25)12-20/h6-10,12-13,16-18H,5,11,14-15H2,1-4H3,(H,26,28)/t16-,17-,18-/m0/s1. The molecule has 1 aliphatic heterocycles. The molecule has 1 fully saturated rings. The fourth-order valence-electron chi connectivity index (χ4n) is 3.95. The maximum absolute atomic E-state index is 13.4. The van der Waals surface area contributed by atoms with Gasteiger partial charge < -0.3 is 5.32 Å². The van der Waals surface area contributed by atoms with Gasteiger partial charge in [-0.05, 0) is 68.0 Å². The molecule has 0 unspecified atom stereocenters. The molecule has 0 aromatic heterocycles. The van der Waals surface area contributed by atoms with Crippen LogP contribution in [0.15, 0.2) is 57.2 Å². The van der Waals surface area contributed by atoms with Gasteiger partial charge in [0.15, 0.2) is 0 Å². The first-order chi connectivity index (χ1) is 15.1. The molecular weight excluding hydrogens is 464 g/mol. The average molecular weight is 495 g/mol. The molecule has 2 aromatic carbocycles. The molecule has 3 rings (SSSR count). The lowest BCUT2D eigenvalue weighted by molar-refractivity contribution is 0.0936. The predicted octanol–water partition coefficient (Wildman–Crippen LogP) is 5.69. The van der Waals surface area contributed by atoms with Crippen LogP contribution in [-0.4, -0.2) is 37.8 Å². The van der Waals surface area contributed by atoms with Crippen LogP contribution in [0, 0.1) is 11.8 Å². The largest absolute Gasteiger partial charge is 0.350 e. The number of nitrogens with one attached hydrogen (secondary N) is 1. The number of piperidine rings is 1. The van der Waals surface area contributed by atoms with Gasteiger partial charge in [-0.25, -0.2) is 8.42 Å². The fourth-order valence-corrected chi connectivity index (χ4v) is 6.89. The number of benzene rings is 2. The maximum atomic E-state index is 13.4. The Bertz CT molecular complexity index is 1060. The van der Waals surface area contributed by atoms with Crippen molar-refractivity contribution in [3.63, 3.8) is 0 Å². The Morgan fingerprint density at radius 1 is 1.19 bits per heavy atom. The highest BCUT2D eigenvalue weighted by atomic mass is 35.5. The Labute approximate surface area is 201 Å². The molecule has 0 saturated carbocycles. The van der Waals surface area contributed by atoms with Crippen LogP contribution in [0.1, 0.15) is 50.9 Å². The van der Waals surface area contributed by atoms with Crippen molar-refractivity contribution in [2.75, 3.05) is 13.1 Å². The summed E-state index contributed by atoms with van der Waals surface area (Å²) in [7, 11) is -3.69. The third-order valence-electron chi connectivity index (χ3n) is 5.68. The van der Waals surface area contributed by atoms with E-state index in [1.54, 1.807) is 22.5 Å². The van der Waals surface area contributed by atoms with E-state index >= 15 is 0 Å². The smallest absolute Gasteiger partial charge is 0.252 e. The van der Waals surface area contributed by atoms with Crippen molar-refractivity contribution in [3.8, 4) is 0 Å². The van der Waals surface area contributed by atoms with Crippen molar-refractivity contribution in [1.82, 2.24) is 9.62 Å². The summed E-state index contributed by atoms with van der Waals surface area (Å²) in [6.07, 6.45) is 1.80. The molecule has 32 heavy (non-hydrogen) atoms.